The number of rotatable bonds is 6. The molecule has 1 rings (SSSR count). The molecule has 1 atom stereocenters. The Balaban J connectivity index is 2.35. The number of para-hydroxylation sites is 1. The Labute approximate surface area is 105 Å². The average Bonchev–Trinajstić information content (AvgIpc) is 2.29. The number of aliphatic hydroxyl groups excluding tert-OH is 1. The number of hydrogen-bond acceptors (Lipinski definition) is 3. The fourth-order valence-corrected chi connectivity index (χ4v) is 1.81. The summed E-state index contributed by atoms with van der Waals surface area (Å²) in [6.45, 7) is 3.33. The van der Waals surface area contributed by atoms with E-state index < -0.39 is 0 Å². The predicted molar refractivity (Wildman–Crippen MR) is 68.4 cm³/mol. The van der Waals surface area contributed by atoms with Crippen molar-refractivity contribution < 1.29 is 10.2 Å². The molecule has 0 saturated heterocycles. The summed E-state index contributed by atoms with van der Waals surface area (Å²) in [5.41, 5.74) is 0.861. The smallest absolute Gasteiger partial charge is 0.134 e. The minimum atomic E-state index is -0.233. The lowest BCUT2D eigenvalue weighted by molar-refractivity contribution is 0.159. The highest BCUT2D eigenvalue weighted by Gasteiger charge is 2.04. The molecular formula is C12H18BrNO2. The summed E-state index contributed by atoms with van der Waals surface area (Å²) in [6.07, 6.45) is 1.29. The first-order valence-electron chi connectivity index (χ1n) is 5.50. The monoisotopic (exact) mass is 287 g/mol. The topological polar surface area (TPSA) is 52.5 Å². The summed E-state index contributed by atoms with van der Waals surface area (Å²) in [4.78, 5) is 0. The van der Waals surface area contributed by atoms with Gasteiger partial charge in [-0.15, -0.1) is 0 Å². The van der Waals surface area contributed by atoms with E-state index in [1.54, 1.807) is 6.07 Å². The number of aliphatic hydroxyl groups is 1. The molecule has 0 radical (unpaired) electrons. The molecule has 0 aromatic heterocycles. The molecular weight excluding hydrogens is 270 g/mol. The second-order valence-corrected chi connectivity index (χ2v) is 4.63. The maximum Gasteiger partial charge on any atom is 0.134 e. The van der Waals surface area contributed by atoms with Gasteiger partial charge in [-0.2, -0.15) is 0 Å². The van der Waals surface area contributed by atoms with Gasteiger partial charge in [0.2, 0.25) is 0 Å². The number of nitrogens with one attached hydrogen (secondary N) is 1. The lowest BCUT2D eigenvalue weighted by Crippen LogP contribution is -2.19. The van der Waals surface area contributed by atoms with Crippen LogP contribution in [0.3, 0.4) is 0 Å². The Kier molecular flexibility index (Phi) is 5.80. The molecule has 1 aromatic carbocycles. The number of phenols is 1. The summed E-state index contributed by atoms with van der Waals surface area (Å²) in [5.74, 6) is 0.283. The zero-order valence-corrected chi connectivity index (χ0v) is 11.0. The van der Waals surface area contributed by atoms with E-state index in [-0.39, 0.29) is 11.9 Å². The Hall–Kier alpha value is -0.580. The van der Waals surface area contributed by atoms with Crippen LogP contribution in [0.5, 0.6) is 5.75 Å². The van der Waals surface area contributed by atoms with Crippen LogP contribution < -0.4 is 5.32 Å². The molecule has 1 unspecified atom stereocenters. The standard InChI is InChI=1S/C12H18BrNO2/c1-2-10(15)6-7-14-8-9-4-3-5-11(13)12(9)16/h3-5,10,14-16H,2,6-8H2,1H3. The SMILES string of the molecule is CCC(O)CCNCc1cccc(Br)c1O. The normalized spacial score (nSPS) is 12.7. The molecule has 0 aliphatic carbocycles. The van der Waals surface area contributed by atoms with Gasteiger partial charge in [-0.1, -0.05) is 19.1 Å². The largest absolute Gasteiger partial charge is 0.506 e. The summed E-state index contributed by atoms with van der Waals surface area (Å²) in [5, 5.41) is 22.3. The fourth-order valence-electron chi connectivity index (χ4n) is 1.40. The molecule has 16 heavy (non-hydrogen) atoms. The van der Waals surface area contributed by atoms with Crippen molar-refractivity contribution in [1.82, 2.24) is 5.32 Å². The minimum Gasteiger partial charge on any atom is -0.506 e. The van der Waals surface area contributed by atoms with Crippen molar-refractivity contribution >= 4 is 15.9 Å². The van der Waals surface area contributed by atoms with Crippen LogP contribution in [-0.2, 0) is 6.54 Å². The quantitative estimate of drug-likeness (QED) is 0.705. The van der Waals surface area contributed by atoms with Crippen LogP contribution in [0.25, 0.3) is 0 Å². The summed E-state index contributed by atoms with van der Waals surface area (Å²) in [7, 11) is 0. The van der Waals surface area contributed by atoms with Gasteiger partial charge in [0.15, 0.2) is 0 Å². The van der Waals surface area contributed by atoms with Crippen molar-refractivity contribution in [2.45, 2.75) is 32.4 Å². The van der Waals surface area contributed by atoms with E-state index in [0.717, 1.165) is 24.9 Å². The first-order valence-corrected chi connectivity index (χ1v) is 6.29. The van der Waals surface area contributed by atoms with Gasteiger partial charge in [0, 0.05) is 12.1 Å². The number of hydrogen-bond donors (Lipinski definition) is 3. The Morgan fingerprint density at radius 1 is 1.44 bits per heavy atom. The van der Waals surface area contributed by atoms with E-state index in [1.807, 2.05) is 19.1 Å². The maximum absolute atomic E-state index is 9.72. The van der Waals surface area contributed by atoms with E-state index in [1.165, 1.54) is 0 Å². The summed E-state index contributed by atoms with van der Waals surface area (Å²) >= 11 is 3.27. The second-order valence-electron chi connectivity index (χ2n) is 3.78. The third kappa shape index (κ3) is 4.12. The van der Waals surface area contributed by atoms with E-state index in [4.69, 9.17) is 0 Å². The van der Waals surface area contributed by atoms with E-state index in [2.05, 4.69) is 21.2 Å². The zero-order valence-electron chi connectivity index (χ0n) is 9.41. The number of halogens is 1. The van der Waals surface area contributed by atoms with Crippen molar-refractivity contribution in [2.24, 2.45) is 0 Å². The van der Waals surface area contributed by atoms with Gasteiger partial charge < -0.3 is 15.5 Å². The Bertz CT molecular complexity index is 331. The van der Waals surface area contributed by atoms with Gasteiger partial charge in [-0.25, -0.2) is 0 Å². The number of benzene rings is 1. The lowest BCUT2D eigenvalue weighted by atomic mass is 10.2. The Morgan fingerprint density at radius 2 is 2.19 bits per heavy atom. The van der Waals surface area contributed by atoms with Crippen molar-refractivity contribution in [3.63, 3.8) is 0 Å². The molecule has 0 fully saturated rings. The fraction of sp³-hybridized carbons (Fsp3) is 0.500. The highest BCUT2D eigenvalue weighted by molar-refractivity contribution is 9.10. The van der Waals surface area contributed by atoms with Crippen LogP contribution in [-0.4, -0.2) is 22.9 Å². The van der Waals surface area contributed by atoms with Crippen LogP contribution in [0.1, 0.15) is 25.3 Å². The van der Waals surface area contributed by atoms with Crippen LogP contribution in [0.4, 0.5) is 0 Å². The van der Waals surface area contributed by atoms with Gasteiger partial charge in [0.25, 0.3) is 0 Å². The molecule has 90 valence electrons. The molecule has 3 nitrogen and oxygen atoms in total. The molecule has 0 aliphatic heterocycles. The first-order chi connectivity index (χ1) is 7.65. The highest BCUT2D eigenvalue weighted by Crippen LogP contribution is 2.27. The highest BCUT2D eigenvalue weighted by atomic mass is 79.9. The van der Waals surface area contributed by atoms with E-state index in [0.29, 0.717) is 11.0 Å². The third-order valence-corrected chi connectivity index (χ3v) is 3.15. The van der Waals surface area contributed by atoms with Crippen molar-refractivity contribution in [3.8, 4) is 5.75 Å². The van der Waals surface area contributed by atoms with Crippen molar-refractivity contribution in [2.75, 3.05) is 6.54 Å². The number of aromatic hydroxyl groups is 1. The van der Waals surface area contributed by atoms with Crippen molar-refractivity contribution in [3.05, 3.63) is 28.2 Å². The van der Waals surface area contributed by atoms with Gasteiger partial charge in [0.05, 0.1) is 10.6 Å². The Morgan fingerprint density at radius 3 is 2.88 bits per heavy atom. The predicted octanol–water partition coefficient (Wildman–Crippen LogP) is 2.41. The molecule has 0 spiro atoms. The van der Waals surface area contributed by atoms with Gasteiger partial charge in [0.1, 0.15) is 5.75 Å². The molecule has 0 saturated carbocycles. The van der Waals surface area contributed by atoms with Gasteiger partial charge >= 0.3 is 0 Å². The van der Waals surface area contributed by atoms with Gasteiger partial charge in [-0.3, -0.25) is 0 Å². The minimum absolute atomic E-state index is 0.233. The van der Waals surface area contributed by atoms with Gasteiger partial charge in [-0.05, 0) is 41.4 Å². The third-order valence-electron chi connectivity index (χ3n) is 2.51. The molecule has 1 aromatic rings. The second kappa shape index (κ2) is 6.89. The van der Waals surface area contributed by atoms with Crippen LogP contribution in [0.2, 0.25) is 0 Å². The molecule has 4 heteroatoms. The summed E-state index contributed by atoms with van der Waals surface area (Å²) in [6, 6.07) is 5.57. The van der Waals surface area contributed by atoms with Crippen LogP contribution >= 0.6 is 15.9 Å². The number of phenolic OH excluding ortho intramolecular Hbond substituents is 1. The molecule has 0 heterocycles. The molecule has 0 amide bonds. The lowest BCUT2D eigenvalue weighted by Gasteiger charge is -2.10. The molecule has 0 bridgehead atoms. The van der Waals surface area contributed by atoms with E-state index >= 15 is 0 Å². The zero-order chi connectivity index (χ0) is 12.0. The average molecular weight is 288 g/mol. The first kappa shape index (κ1) is 13.5. The van der Waals surface area contributed by atoms with Crippen molar-refractivity contribution in [1.29, 1.82) is 0 Å². The molecule has 3 N–H and O–H groups in total. The van der Waals surface area contributed by atoms with Crippen LogP contribution in [0.15, 0.2) is 22.7 Å². The maximum atomic E-state index is 9.72. The van der Waals surface area contributed by atoms with E-state index in [9.17, 15) is 10.2 Å². The molecule has 0 aliphatic rings. The van der Waals surface area contributed by atoms with Crippen LogP contribution in [0, 0.1) is 0 Å². The summed E-state index contributed by atoms with van der Waals surface area (Å²) < 4.78 is 0.709.